The van der Waals surface area contributed by atoms with Crippen LogP contribution in [0.25, 0.3) is 6.08 Å². The second-order valence-corrected chi connectivity index (χ2v) is 7.66. The van der Waals surface area contributed by atoms with Crippen LogP contribution in [0.3, 0.4) is 0 Å². The monoisotopic (exact) mass is 437 g/mol. The third kappa shape index (κ3) is 7.53. The van der Waals surface area contributed by atoms with Crippen LogP contribution in [0.2, 0.25) is 0 Å². The first-order valence-corrected chi connectivity index (χ1v) is 10.8. The van der Waals surface area contributed by atoms with Gasteiger partial charge in [-0.05, 0) is 60.5 Å². The molecule has 0 atom stereocenters. The fourth-order valence-electron chi connectivity index (χ4n) is 3.35. The fraction of sp³-hybridized carbons (Fsp3) is 0.292. The third-order valence-corrected chi connectivity index (χ3v) is 5.14. The number of nitrogens with one attached hydrogen (secondary N) is 2. The van der Waals surface area contributed by atoms with E-state index in [0.717, 1.165) is 24.0 Å². The molecule has 2 aromatic carbocycles. The molecule has 1 fully saturated rings. The van der Waals surface area contributed by atoms with E-state index in [9.17, 15) is 4.79 Å². The maximum atomic E-state index is 12.1. The van der Waals surface area contributed by atoms with Crippen LogP contribution < -0.4 is 20.2 Å². The molecule has 0 bridgehead atoms. The number of ether oxygens (including phenoxy) is 2. The van der Waals surface area contributed by atoms with E-state index in [0.29, 0.717) is 22.7 Å². The van der Waals surface area contributed by atoms with Crippen molar-refractivity contribution in [2.75, 3.05) is 7.11 Å². The summed E-state index contributed by atoms with van der Waals surface area (Å²) in [5.41, 5.74) is 4.55. The van der Waals surface area contributed by atoms with Crippen LogP contribution in [0.1, 0.15) is 43.2 Å². The smallest absolute Gasteiger partial charge is 0.336 e. The van der Waals surface area contributed by atoms with Gasteiger partial charge in [0.2, 0.25) is 0 Å². The van der Waals surface area contributed by atoms with Crippen molar-refractivity contribution < 1.29 is 14.3 Å². The number of thiocarbonyl (C=S) groups is 1. The molecule has 0 unspecified atom stereocenters. The van der Waals surface area contributed by atoms with Gasteiger partial charge in [-0.15, -0.1) is 0 Å². The molecule has 0 radical (unpaired) electrons. The molecule has 1 aliphatic carbocycles. The van der Waals surface area contributed by atoms with Crippen molar-refractivity contribution in [1.29, 1.82) is 0 Å². The Morgan fingerprint density at radius 3 is 2.58 bits per heavy atom. The molecule has 0 aromatic heterocycles. The molecule has 162 valence electrons. The highest BCUT2D eigenvalue weighted by molar-refractivity contribution is 7.80. The summed E-state index contributed by atoms with van der Waals surface area (Å²) in [4.78, 5) is 12.1. The number of esters is 1. The van der Waals surface area contributed by atoms with Crippen LogP contribution in [0.4, 0.5) is 0 Å². The normalized spacial score (nSPS) is 14.5. The summed E-state index contributed by atoms with van der Waals surface area (Å²) >= 11 is 5.30. The van der Waals surface area contributed by atoms with E-state index in [1.54, 1.807) is 30.5 Å². The highest BCUT2D eigenvalue weighted by atomic mass is 32.1. The molecule has 2 N–H and O–H groups in total. The molecular formula is C24H27N3O3S. The lowest BCUT2D eigenvalue weighted by atomic mass is 9.96. The van der Waals surface area contributed by atoms with Crippen molar-refractivity contribution in [1.82, 2.24) is 10.7 Å². The molecule has 0 amide bonds. The number of benzene rings is 2. The Hall–Kier alpha value is -3.19. The average Bonchev–Trinajstić information content (AvgIpc) is 2.80. The largest absolute Gasteiger partial charge is 0.493 e. The van der Waals surface area contributed by atoms with Crippen molar-refractivity contribution in [3.63, 3.8) is 0 Å². The number of hydrogen-bond donors (Lipinski definition) is 2. The van der Waals surface area contributed by atoms with Crippen molar-refractivity contribution in [2.45, 2.75) is 38.1 Å². The minimum atomic E-state index is -0.482. The lowest BCUT2D eigenvalue weighted by Gasteiger charge is -2.23. The van der Waals surface area contributed by atoms with Crippen molar-refractivity contribution in [3.8, 4) is 11.5 Å². The van der Waals surface area contributed by atoms with Crippen LogP contribution in [-0.4, -0.2) is 30.4 Å². The summed E-state index contributed by atoms with van der Waals surface area (Å²) in [6, 6.07) is 15.2. The van der Waals surface area contributed by atoms with Gasteiger partial charge in [0, 0.05) is 12.1 Å². The number of rotatable bonds is 7. The van der Waals surface area contributed by atoms with E-state index in [1.807, 2.05) is 30.3 Å². The van der Waals surface area contributed by atoms with Gasteiger partial charge in [0.1, 0.15) is 0 Å². The molecule has 6 nitrogen and oxygen atoms in total. The van der Waals surface area contributed by atoms with Crippen molar-refractivity contribution in [2.24, 2.45) is 5.10 Å². The number of carbonyl (C=O) groups excluding carboxylic acids is 1. The van der Waals surface area contributed by atoms with Gasteiger partial charge in [0.15, 0.2) is 16.6 Å². The Labute approximate surface area is 188 Å². The molecule has 0 aliphatic heterocycles. The van der Waals surface area contributed by atoms with E-state index in [4.69, 9.17) is 21.7 Å². The summed E-state index contributed by atoms with van der Waals surface area (Å²) < 4.78 is 10.8. The highest BCUT2D eigenvalue weighted by Crippen LogP contribution is 2.27. The summed E-state index contributed by atoms with van der Waals surface area (Å²) in [6.45, 7) is 0. The summed E-state index contributed by atoms with van der Waals surface area (Å²) in [6.07, 6.45) is 10.8. The standard InChI is InChI=1S/C24H27N3O3S/c1-29-22-16-19(17-25-27-24(31)26-20-10-6-3-7-11-20)12-14-21(22)30-23(28)15-13-18-8-4-2-5-9-18/h2,4-5,8-9,12-17,20H,3,6-7,10-11H2,1H3,(H2,26,27,31)/b15-13+,25-17-. The zero-order chi connectivity index (χ0) is 21.9. The van der Waals surface area contributed by atoms with Crippen LogP contribution in [0.5, 0.6) is 11.5 Å². The maximum absolute atomic E-state index is 12.1. The zero-order valence-electron chi connectivity index (χ0n) is 17.5. The molecule has 2 aromatic rings. The van der Waals surface area contributed by atoms with Crippen LogP contribution >= 0.6 is 12.2 Å². The predicted molar refractivity (Wildman–Crippen MR) is 127 cm³/mol. The number of methoxy groups -OCH3 is 1. The lowest BCUT2D eigenvalue weighted by Crippen LogP contribution is -2.40. The van der Waals surface area contributed by atoms with E-state index >= 15 is 0 Å². The zero-order valence-corrected chi connectivity index (χ0v) is 18.4. The van der Waals surface area contributed by atoms with Gasteiger partial charge in [0.05, 0.1) is 13.3 Å². The number of hydrazone groups is 1. The third-order valence-electron chi connectivity index (χ3n) is 4.93. The van der Waals surface area contributed by atoms with Gasteiger partial charge in [-0.3, -0.25) is 5.43 Å². The molecule has 31 heavy (non-hydrogen) atoms. The number of hydrogen-bond acceptors (Lipinski definition) is 5. The van der Waals surface area contributed by atoms with Gasteiger partial charge >= 0.3 is 5.97 Å². The highest BCUT2D eigenvalue weighted by Gasteiger charge is 2.13. The van der Waals surface area contributed by atoms with Gasteiger partial charge < -0.3 is 14.8 Å². The SMILES string of the molecule is COc1cc(/C=N\NC(=S)NC2CCCCC2)ccc1OC(=O)/C=C/c1ccccc1. The molecule has 0 heterocycles. The summed E-state index contributed by atoms with van der Waals surface area (Å²) in [5.74, 6) is 0.294. The number of nitrogens with zero attached hydrogens (tertiary/aromatic N) is 1. The summed E-state index contributed by atoms with van der Waals surface area (Å²) in [5, 5.41) is 8.00. The van der Waals surface area contributed by atoms with Crippen molar-refractivity contribution >= 4 is 35.6 Å². The Bertz CT molecular complexity index is 938. The topological polar surface area (TPSA) is 71.9 Å². The minimum Gasteiger partial charge on any atom is -0.493 e. The molecule has 1 saturated carbocycles. The fourth-order valence-corrected chi connectivity index (χ4v) is 3.57. The Morgan fingerprint density at radius 1 is 1.06 bits per heavy atom. The quantitative estimate of drug-likeness (QED) is 0.167. The van der Waals surface area contributed by atoms with Crippen LogP contribution in [0, 0.1) is 0 Å². The molecular weight excluding hydrogens is 410 g/mol. The average molecular weight is 438 g/mol. The molecule has 3 rings (SSSR count). The van der Waals surface area contributed by atoms with Gasteiger partial charge in [0.25, 0.3) is 0 Å². The van der Waals surface area contributed by atoms with Crippen LogP contribution in [-0.2, 0) is 4.79 Å². The van der Waals surface area contributed by atoms with Gasteiger partial charge in [-0.2, -0.15) is 5.10 Å². The second kappa shape index (κ2) is 11.9. The van der Waals surface area contributed by atoms with Gasteiger partial charge in [-0.1, -0.05) is 49.6 Å². The second-order valence-electron chi connectivity index (χ2n) is 7.25. The first-order valence-electron chi connectivity index (χ1n) is 10.4. The number of carbonyl (C=O) groups is 1. The predicted octanol–water partition coefficient (Wildman–Crippen LogP) is 4.44. The molecule has 0 spiro atoms. The Kier molecular flexibility index (Phi) is 8.60. The molecule has 7 heteroatoms. The van der Waals surface area contributed by atoms with Crippen LogP contribution in [0.15, 0.2) is 59.7 Å². The minimum absolute atomic E-state index is 0.338. The summed E-state index contributed by atoms with van der Waals surface area (Å²) in [7, 11) is 1.52. The first-order chi connectivity index (χ1) is 15.1. The molecule has 0 saturated heterocycles. The lowest BCUT2D eigenvalue weighted by molar-refractivity contribution is -0.129. The molecule has 1 aliphatic rings. The van der Waals surface area contributed by atoms with E-state index in [-0.39, 0.29) is 0 Å². The van der Waals surface area contributed by atoms with E-state index in [1.165, 1.54) is 32.4 Å². The van der Waals surface area contributed by atoms with Gasteiger partial charge in [-0.25, -0.2) is 4.79 Å². The Balaban J connectivity index is 1.53. The maximum Gasteiger partial charge on any atom is 0.336 e. The first kappa shape index (κ1) is 22.5. The van der Waals surface area contributed by atoms with E-state index in [2.05, 4.69) is 15.8 Å². The van der Waals surface area contributed by atoms with E-state index < -0.39 is 5.97 Å². The van der Waals surface area contributed by atoms with Crippen molar-refractivity contribution in [3.05, 3.63) is 65.7 Å². The Morgan fingerprint density at radius 2 is 1.84 bits per heavy atom.